The predicted octanol–water partition coefficient (Wildman–Crippen LogP) is 2.11. The number of allylic oxidation sites excluding steroid dienone is 1. The number of likely N-dealkylation sites (N-methyl/N-ethyl adjacent to an activating group) is 1. The lowest BCUT2D eigenvalue weighted by molar-refractivity contribution is -0.159. The molecule has 0 aliphatic heterocycles. The highest BCUT2D eigenvalue weighted by atomic mass is 19.4. The first kappa shape index (κ1) is 17.3. The van der Waals surface area contributed by atoms with E-state index in [2.05, 4.69) is 4.74 Å². The summed E-state index contributed by atoms with van der Waals surface area (Å²) in [5, 5.41) is 0. The van der Waals surface area contributed by atoms with Crippen LogP contribution >= 0.6 is 0 Å². The predicted molar refractivity (Wildman–Crippen MR) is 54.2 cm³/mol. The summed E-state index contributed by atoms with van der Waals surface area (Å²) in [6.07, 6.45) is -5.50. The minimum Gasteiger partial charge on any atom is -0.451 e. The molecule has 0 aliphatic rings. The van der Waals surface area contributed by atoms with Crippen LogP contribution in [-0.4, -0.2) is 42.6 Å². The quantitative estimate of drug-likeness (QED) is 0.452. The number of esters is 1. The lowest BCUT2D eigenvalue weighted by Crippen LogP contribution is -2.37. The monoisotopic (exact) mass is 289 g/mol. The van der Waals surface area contributed by atoms with E-state index in [-0.39, 0.29) is 13.1 Å². The minimum absolute atomic E-state index is 0.166. The average molecular weight is 289 g/mol. The molecule has 0 radical (unpaired) electrons. The Morgan fingerprint density at radius 2 is 1.58 bits per heavy atom. The maximum atomic E-state index is 12.7. The highest BCUT2D eigenvalue weighted by molar-refractivity contribution is 6.32. The molecule has 0 saturated heterocycles. The summed E-state index contributed by atoms with van der Waals surface area (Å²) < 4.78 is 64.2. The van der Waals surface area contributed by atoms with Gasteiger partial charge in [-0.05, 0) is 13.8 Å². The number of carbonyl (C=O) groups excluding carboxylic acids is 2. The minimum atomic E-state index is -5.50. The summed E-state index contributed by atoms with van der Waals surface area (Å²) in [7, 11) is 0. The normalized spacial score (nSPS) is 12.8. The molecule has 0 bridgehead atoms. The molecule has 0 aliphatic carbocycles. The van der Waals surface area contributed by atoms with Crippen molar-refractivity contribution in [1.82, 2.24) is 4.90 Å². The summed E-state index contributed by atoms with van der Waals surface area (Å²) >= 11 is 0. The molecular weight excluding hydrogens is 277 g/mol. The number of rotatable bonds is 4. The highest BCUT2D eigenvalue weighted by Gasteiger charge is 2.38. The fourth-order valence-electron chi connectivity index (χ4n) is 1.05. The standard InChI is InChI=1S/C10H12F5NO3/c1-3-16(4-2)8(17)9(18)19-5-6(11)7(12)10(13,14)15/h3-5H2,1-2H3/b7-6+. The molecule has 4 nitrogen and oxygen atoms in total. The number of halogens is 5. The number of hydrogen-bond acceptors (Lipinski definition) is 3. The molecule has 0 unspecified atom stereocenters. The first-order chi connectivity index (χ1) is 8.65. The molecule has 0 atom stereocenters. The van der Waals surface area contributed by atoms with Gasteiger partial charge in [0.2, 0.25) is 5.83 Å². The first-order valence-electron chi connectivity index (χ1n) is 5.22. The molecule has 0 aromatic carbocycles. The van der Waals surface area contributed by atoms with Crippen LogP contribution in [0.1, 0.15) is 13.8 Å². The second-order valence-electron chi connectivity index (χ2n) is 3.27. The number of hydrogen-bond donors (Lipinski definition) is 0. The number of ether oxygens (including phenoxy) is 1. The number of amides is 1. The summed E-state index contributed by atoms with van der Waals surface area (Å²) in [5.74, 6) is -7.97. The Hall–Kier alpha value is -1.67. The Labute approximate surface area is 105 Å². The van der Waals surface area contributed by atoms with Crippen molar-refractivity contribution in [3.63, 3.8) is 0 Å². The van der Waals surface area contributed by atoms with Gasteiger partial charge in [-0.3, -0.25) is 4.79 Å². The van der Waals surface area contributed by atoms with Crippen molar-refractivity contribution in [2.75, 3.05) is 19.7 Å². The molecule has 0 heterocycles. The van der Waals surface area contributed by atoms with E-state index in [1.165, 1.54) is 0 Å². The van der Waals surface area contributed by atoms with Gasteiger partial charge in [-0.2, -0.15) is 17.6 Å². The average Bonchev–Trinajstić information content (AvgIpc) is 2.34. The molecule has 0 fully saturated rings. The van der Waals surface area contributed by atoms with Crippen LogP contribution in [0.5, 0.6) is 0 Å². The summed E-state index contributed by atoms with van der Waals surface area (Å²) in [5.41, 5.74) is 0. The van der Waals surface area contributed by atoms with Gasteiger partial charge in [0, 0.05) is 13.1 Å². The molecule has 19 heavy (non-hydrogen) atoms. The van der Waals surface area contributed by atoms with Gasteiger partial charge in [-0.15, -0.1) is 0 Å². The molecule has 9 heteroatoms. The van der Waals surface area contributed by atoms with Crippen LogP contribution in [0, 0.1) is 0 Å². The van der Waals surface area contributed by atoms with Gasteiger partial charge in [-0.1, -0.05) is 0 Å². The van der Waals surface area contributed by atoms with Crippen LogP contribution in [0.25, 0.3) is 0 Å². The smallest absolute Gasteiger partial charge is 0.445 e. The Bertz CT molecular complexity index is 374. The van der Waals surface area contributed by atoms with Crippen molar-refractivity contribution in [3.8, 4) is 0 Å². The second kappa shape index (κ2) is 7.05. The SMILES string of the molecule is CCN(CC)C(=O)C(=O)OC/C(F)=C(\F)C(F)(F)F. The van der Waals surface area contributed by atoms with Crippen molar-refractivity contribution in [1.29, 1.82) is 0 Å². The van der Waals surface area contributed by atoms with Crippen LogP contribution < -0.4 is 0 Å². The van der Waals surface area contributed by atoms with E-state index in [4.69, 9.17) is 0 Å². The van der Waals surface area contributed by atoms with Gasteiger partial charge in [0.25, 0.3) is 0 Å². The summed E-state index contributed by atoms with van der Waals surface area (Å²) in [6.45, 7) is 1.85. The Balaban J connectivity index is 4.59. The molecule has 110 valence electrons. The third kappa shape index (κ3) is 5.23. The first-order valence-corrected chi connectivity index (χ1v) is 5.22. The molecule has 0 rings (SSSR count). The van der Waals surface area contributed by atoms with E-state index in [1.54, 1.807) is 13.8 Å². The van der Waals surface area contributed by atoms with Crippen LogP contribution in [0.3, 0.4) is 0 Å². The van der Waals surface area contributed by atoms with Gasteiger partial charge in [0.05, 0.1) is 0 Å². The Kier molecular flexibility index (Phi) is 6.43. The highest BCUT2D eigenvalue weighted by Crippen LogP contribution is 2.29. The van der Waals surface area contributed by atoms with E-state index >= 15 is 0 Å². The van der Waals surface area contributed by atoms with Crippen molar-refractivity contribution in [3.05, 3.63) is 11.7 Å². The third-order valence-corrected chi connectivity index (χ3v) is 2.04. The van der Waals surface area contributed by atoms with Crippen LogP contribution in [-0.2, 0) is 14.3 Å². The molecular formula is C10H12F5NO3. The topological polar surface area (TPSA) is 46.6 Å². The maximum Gasteiger partial charge on any atom is 0.445 e. The van der Waals surface area contributed by atoms with Crippen molar-refractivity contribution >= 4 is 11.9 Å². The number of nitrogens with zero attached hydrogens (tertiary/aromatic N) is 1. The van der Waals surface area contributed by atoms with E-state index in [0.29, 0.717) is 0 Å². The lowest BCUT2D eigenvalue weighted by Gasteiger charge is -2.16. The van der Waals surface area contributed by atoms with E-state index in [0.717, 1.165) is 4.90 Å². The van der Waals surface area contributed by atoms with Crippen LogP contribution in [0.15, 0.2) is 11.7 Å². The lowest BCUT2D eigenvalue weighted by atomic mass is 10.4. The van der Waals surface area contributed by atoms with Gasteiger partial charge in [0.15, 0.2) is 5.83 Å². The third-order valence-electron chi connectivity index (χ3n) is 2.04. The molecule has 0 aromatic heterocycles. The van der Waals surface area contributed by atoms with Crippen LogP contribution in [0.4, 0.5) is 22.0 Å². The zero-order valence-corrected chi connectivity index (χ0v) is 10.2. The summed E-state index contributed by atoms with van der Waals surface area (Å²) in [4.78, 5) is 23.4. The zero-order valence-electron chi connectivity index (χ0n) is 10.2. The Morgan fingerprint density at radius 1 is 1.11 bits per heavy atom. The molecule has 1 amide bonds. The largest absolute Gasteiger partial charge is 0.451 e. The number of alkyl halides is 3. The molecule has 0 aromatic rings. The van der Waals surface area contributed by atoms with Gasteiger partial charge in [-0.25, -0.2) is 9.18 Å². The van der Waals surface area contributed by atoms with E-state index < -0.39 is 36.3 Å². The fourth-order valence-corrected chi connectivity index (χ4v) is 1.05. The van der Waals surface area contributed by atoms with Gasteiger partial charge < -0.3 is 9.64 Å². The molecule has 0 saturated carbocycles. The molecule has 0 N–H and O–H groups in total. The summed E-state index contributed by atoms with van der Waals surface area (Å²) in [6, 6.07) is 0. The van der Waals surface area contributed by atoms with E-state index in [9.17, 15) is 31.5 Å². The maximum absolute atomic E-state index is 12.7. The Morgan fingerprint density at radius 3 is 1.95 bits per heavy atom. The van der Waals surface area contributed by atoms with Crippen molar-refractivity contribution < 1.29 is 36.3 Å². The number of carbonyl (C=O) groups is 2. The van der Waals surface area contributed by atoms with Gasteiger partial charge >= 0.3 is 18.1 Å². The van der Waals surface area contributed by atoms with E-state index in [1.807, 2.05) is 0 Å². The second-order valence-corrected chi connectivity index (χ2v) is 3.27. The van der Waals surface area contributed by atoms with Gasteiger partial charge in [0.1, 0.15) is 6.61 Å². The van der Waals surface area contributed by atoms with Crippen molar-refractivity contribution in [2.24, 2.45) is 0 Å². The fraction of sp³-hybridized carbons (Fsp3) is 0.600. The molecule has 0 spiro atoms. The van der Waals surface area contributed by atoms with Crippen LogP contribution in [0.2, 0.25) is 0 Å². The zero-order chi connectivity index (χ0) is 15.2. The van der Waals surface area contributed by atoms with Crippen molar-refractivity contribution in [2.45, 2.75) is 20.0 Å².